The number of carbonyl (C=O) groups is 2. The fraction of sp³-hybridized carbons (Fsp3) is 0.500. The minimum atomic E-state index is -0.680. The third kappa shape index (κ3) is 6.04. The van der Waals surface area contributed by atoms with Gasteiger partial charge in [0.15, 0.2) is 0 Å². The SMILES string of the molecule is COCCNC(=O)OCCCC(=O)On1c(O)ccc1O. The minimum absolute atomic E-state index is 0.0392. The standard InChI is InChI=1S/C12H18N2O7/c1-19-8-6-13-12(18)20-7-2-3-11(17)21-14-9(15)4-5-10(14)16/h4-5,15-16H,2-3,6-8H2,1H3,(H,13,18). The van der Waals surface area contributed by atoms with Crippen LogP contribution in [0.3, 0.4) is 0 Å². The van der Waals surface area contributed by atoms with Gasteiger partial charge in [-0.2, -0.15) is 0 Å². The second-order valence-electron chi connectivity index (χ2n) is 3.97. The van der Waals surface area contributed by atoms with Gasteiger partial charge in [-0.3, -0.25) is 0 Å². The molecular formula is C12H18N2O7. The molecule has 1 heterocycles. The van der Waals surface area contributed by atoms with Crippen LogP contribution in [0.25, 0.3) is 0 Å². The predicted octanol–water partition coefficient (Wildman–Crippen LogP) is 0.00730. The molecule has 0 saturated heterocycles. The third-order valence-electron chi connectivity index (χ3n) is 2.32. The number of rotatable bonds is 8. The van der Waals surface area contributed by atoms with Crippen molar-refractivity contribution in [1.29, 1.82) is 0 Å². The molecule has 0 spiro atoms. The smallest absolute Gasteiger partial charge is 0.407 e. The number of hydrogen-bond donors (Lipinski definition) is 3. The first-order chi connectivity index (χ1) is 10.0. The molecule has 1 aromatic rings. The van der Waals surface area contributed by atoms with Crippen molar-refractivity contribution in [3.05, 3.63) is 12.1 Å². The van der Waals surface area contributed by atoms with E-state index in [0.29, 0.717) is 17.9 Å². The van der Waals surface area contributed by atoms with Gasteiger partial charge in [-0.05, 0) is 6.42 Å². The van der Waals surface area contributed by atoms with E-state index < -0.39 is 23.8 Å². The molecule has 0 unspecified atom stereocenters. The molecule has 0 fully saturated rings. The molecule has 9 nitrogen and oxygen atoms in total. The van der Waals surface area contributed by atoms with E-state index in [1.165, 1.54) is 19.2 Å². The summed E-state index contributed by atoms with van der Waals surface area (Å²) < 4.78 is 10.1. The molecule has 0 bridgehead atoms. The summed E-state index contributed by atoms with van der Waals surface area (Å²) in [4.78, 5) is 27.3. The van der Waals surface area contributed by atoms with Gasteiger partial charge in [0, 0.05) is 25.8 Å². The fourth-order valence-corrected chi connectivity index (χ4v) is 1.33. The van der Waals surface area contributed by atoms with Gasteiger partial charge in [0.2, 0.25) is 11.8 Å². The molecule has 1 aromatic heterocycles. The Morgan fingerprint density at radius 3 is 2.52 bits per heavy atom. The average Bonchev–Trinajstić information content (AvgIpc) is 2.76. The highest BCUT2D eigenvalue weighted by molar-refractivity contribution is 5.70. The third-order valence-corrected chi connectivity index (χ3v) is 2.32. The molecule has 0 radical (unpaired) electrons. The van der Waals surface area contributed by atoms with Gasteiger partial charge in [0.05, 0.1) is 19.6 Å². The average molecular weight is 302 g/mol. The number of amides is 1. The van der Waals surface area contributed by atoms with Gasteiger partial charge in [-0.1, -0.05) is 0 Å². The lowest BCUT2D eigenvalue weighted by Gasteiger charge is -2.08. The molecule has 0 aliphatic heterocycles. The Hall–Kier alpha value is -2.42. The highest BCUT2D eigenvalue weighted by Gasteiger charge is 2.12. The summed E-state index contributed by atoms with van der Waals surface area (Å²) in [5.41, 5.74) is 0. The lowest BCUT2D eigenvalue weighted by molar-refractivity contribution is -0.145. The van der Waals surface area contributed by atoms with Crippen molar-refractivity contribution in [2.24, 2.45) is 0 Å². The van der Waals surface area contributed by atoms with Crippen LogP contribution in [-0.2, 0) is 14.3 Å². The zero-order valence-electron chi connectivity index (χ0n) is 11.6. The lowest BCUT2D eigenvalue weighted by atomic mass is 10.3. The topological polar surface area (TPSA) is 119 Å². The summed E-state index contributed by atoms with van der Waals surface area (Å²) in [5.74, 6) is -1.47. The van der Waals surface area contributed by atoms with Crippen LogP contribution < -0.4 is 10.2 Å². The van der Waals surface area contributed by atoms with Crippen molar-refractivity contribution < 1.29 is 34.1 Å². The van der Waals surface area contributed by atoms with Crippen molar-refractivity contribution in [2.75, 3.05) is 26.9 Å². The largest absolute Gasteiger partial charge is 0.492 e. The highest BCUT2D eigenvalue weighted by atomic mass is 16.7. The number of alkyl carbamates (subject to hydrolysis) is 1. The highest BCUT2D eigenvalue weighted by Crippen LogP contribution is 2.18. The zero-order chi connectivity index (χ0) is 15.7. The number of aromatic nitrogens is 1. The Morgan fingerprint density at radius 1 is 1.24 bits per heavy atom. The number of aromatic hydroxyl groups is 2. The Morgan fingerprint density at radius 2 is 1.90 bits per heavy atom. The van der Waals surface area contributed by atoms with Crippen LogP contribution in [0, 0.1) is 0 Å². The zero-order valence-corrected chi connectivity index (χ0v) is 11.6. The number of carbonyl (C=O) groups excluding carboxylic acids is 2. The number of ether oxygens (including phenoxy) is 2. The monoisotopic (exact) mass is 302 g/mol. The normalized spacial score (nSPS) is 10.1. The van der Waals surface area contributed by atoms with E-state index in [-0.39, 0.29) is 19.4 Å². The molecule has 3 N–H and O–H groups in total. The van der Waals surface area contributed by atoms with Crippen LogP contribution in [-0.4, -0.2) is 53.9 Å². The Bertz CT molecular complexity index is 453. The van der Waals surface area contributed by atoms with E-state index in [9.17, 15) is 19.8 Å². The van der Waals surface area contributed by atoms with Gasteiger partial charge in [0.1, 0.15) is 0 Å². The Kier molecular flexibility index (Phi) is 6.88. The van der Waals surface area contributed by atoms with E-state index >= 15 is 0 Å². The van der Waals surface area contributed by atoms with Crippen LogP contribution in [0.1, 0.15) is 12.8 Å². The predicted molar refractivity (Wildman–Crippen MR) is 69.8 cm³/mol. The molecule has 0 aliphatic carbocycles. The van der Waals surface area contributed by atoms with E-state index in [2.05, 4.69) is 5.32 Å². The van der Waals surface area contributed by atoms with Crippen molar-refractivity contribution in [1.82, 2.24) is 10.0 Å². The summed E-state index contributed by atoms with van der Waals surface area (Å²) in [6.07, 6.45) is -0.386. The molecule has 0 saturated carbocycles. The van der Waals surface area contributed by atoms with E-state index in [4.69, 9.17) is 14.3 Å². The summed E-state index contributed by atoms with van der Waals surface area (Å²) in [6.45, 7) is 0.756. The maximum Gasteiger partial charge on any atom is 0.407 e. The van der Waals surface area contributed by atoms with E-state index in [1.807, 2.05) is 0 Å². The Balaban J connectivity index is 2.15. The molecule has 21 heavy (non-hydrogen) atoms. The molecule has 1 amide bonds. The first-order valence-electron chi connectivity index (χ1n) is 6.25. The van der Waals surface area contributed by atoms with Crippen molar-refractivity contribution in [3.8, 4) is 11.8 Å². The van der Waals surface area contributed by atoms with Gasteiger partial charge >= 0.3 is 12.1 Å². The van der Waals surface area contributed by atoms with Crippen LogP contribution in [0.15, 0.2) is 12.1 Å². The Labute approximate surface area is 121 Å². The number of methoxy groups -OCH3 is 1. The molecule has 0 atom stereocenters. The quantitative estimate of drug-likeness (QED) is 0.578. The minimum Gasteiger partial charge on any atom is -0.492 e. The van der Waals surface area contributed by atoms with Crippen molar-refractivity contribution in [2.45, 2.75) is 12.8 Å². The van der Waals surface area contributed by atoms with Crippen molar-refractivity contribution in [3.63, 3.8) is 0 Å². The van der Waals surface area contributed by atoms with Crippen LogP contribution >= 0.6 is 0 Å². The second-order valence-corrected chi connectivity index (χ2v) is 3.97. The number of nitrogens with zero attached hydrogens (tertiary/aromatic N) is 1. The van der Waals surface area contributed by atoms with Gasteiger partial charge in [-0.15, -0.1) is 4.73 Å². The molecule has 1 rings (SSSR count). The number of hydrogen-bond acceptors (Lipinski definition) is 7. The fourth-order valence-electron chi connectivity index (χ4n) is 1.33. The first kappa shape index (κ1) is 16.6. The maximum absolute atomic E-state index is 11.4. The lowest BCUT2D eigenvalue weighted by Crippen LogP contribution is -2.28. The molecule has 118 valence electrons. The summed E-state index contributed by atoms with van der Waals surface area (Å²) in [7, 11) is 1.51. The molecular weight excluding hydrogens is 284 g/mol. The van der Waals surface area contributed by atoms with Gasteiger partial charge < -0.3 is 29.8 Å². The maximum atomic E-state index is 11.4. The summed E-state index contributed by atoms with van der Waals surface area (Å²) in [6, 6.07) is 2.35. The van der Waals surface area contributed by atoms with Crippen LogP contribution in [0.2, 0.25) is 0 Å². The van der Waals surface area contributed by atoms with E-state index in [1.54, 1.807) is 0 Å². The van der Waals surface area contributed by atoms with Gasteiger partial charge in [-0.25, -0.2) is 9.59 Å². The van der Waals surface area contributed by atoms with E-state index in [0.717, 1.165) is 0 Å². The summed E-state index contributed by atoms with van der Waals surface area (Å²) in [5, 5.41) is 21.0. The molecule has 0 aromatic carbocycles. The number of nitrogens with one attached hydrogen (secondary N) is 1. The molecule has 0 aliphatic rings. The molecule has 9 heteroatoms. The summed E-state index contributed by atoms with van der Waals surface area (Å²) >= 11 is 0. The van der Waals surface area contributed by atoms with Gasteiger partial charge in [0.25, 0.3) is 0 Å². The van der Waals surface area contributed by atoms with Crippen LogP contribution in [0.5, 0.6) is 11.8 Å². The van der Waals surface area contributed by atoms with Crippen LogP contribution in [0.4, 0.5) is 4.79 Å². The second kappa shape index (κ2) is 8.69. The van der Waals surface area contributed by atoms with Crippen molar-refractivity contribution >= 4 is 12.1 Å². The first-order valence-corrected chi connectivity index (χ1v) is 6.25.